The second-order valence-corrected chi connectivity index (χ2v) is 3.83. The van der Waals surface area contributed by atoms with Crippen molar-refractivity contribution in [2.45, 2.75) is 6.92 Å². The summed E-state index contributed by atoms with van der Waals surface area (Å²) in [7, 11) is 0. The van der Waals surface area contributed by atoms with E-state index in [0.717, 1.165) is 17.1 Å². The van der Waals surface area contributed by atoms with Crippen LogP contribution >= 0.6 is 0 Å². The molecule has 0 saturated carbocycles. The Morgan fingerprint density at radius 3 is 2.69 bits per heavy atom. The number of fused-ring (bicyclic) bond motifs is 1. The molecule has 0 radical (unpaired) electrons. The molecule has 16 heavy (non-hydrogen) atoms. The van der Waals surface area contributed by atoms with Gasteiger partial charge in [0, 0.05) is 0 Å². The predicted octanol–water partition coefficient (Wildman–Crippen LogP) is 3.14. The van der Waals surface area contributed by atoms with Crippen molar-refractivity contribution >= 4 is 11.4 Å². The minimum Gasteiger partial charge on any atom is -0.357 e. The van der Waals surface area contributed by atoms with Gasteiger partial charge in [-0.15, -0.1) is 5.17 Å². The fourth-order valence-electron chi connectivity index (χ4n) is 1.72. The second-order valence-electron chi connectivity index (χ2n) is 3.83. The summed E-state index contributed by atoms with van der Waals surface area (Å²) in [4.78, 5) is 5.67. The topological polar surface area (TPSA) is 24.5 Å². The average molecular weight is 212 g/mol. The molecule has 0 bridgehead atoms. The van der Waals surface area contributed by atoms with Gasteiger partial charge in [-0.1, -0.05) is 24.3 Å². The molecule has 1 aliphatic heterocycles. The number of aryl methyl sites for hydroxylation is 1. The van der Waals surface area contributed by atoms with Gasteiger partial charge in [0.05, 0.1) is 5.69 Å². The highest BCUT2D eigenvalue weighted by molar-refractivity contribution is 5.66. The number of benzene rings is 2. The summed E-state index contributed by atoms with van der Waals surface area (Å²) in [5.41, 5.74) is 6.40. The first-order valence-corrected chi connectivity index (χ1v) is 5.23. The number of hydrazine groups is 1. The lowest BCUT2D eigenvalue weighted by atomic mass is 10.2. The first-order valence-electron chi connectivity index (χ1n) is 5.23. The number of rotatable bonds is 1. The third-order valence-corrected chi connectivity index (χ3v) is 2.54. The number of hydrogen-bond acceptors (Lipinski definition) is 3. The number of nitrogens with one attached hydrogen (secondary N) is 1. The van der Waals surface area contributed by atoms with E-state index in [1.54, 1.807) is 5.17 Å². The van der Waals surface area contributed by atoms with E-state index in [9.17, 15) is 0 Å². The Balaban J connectivity index is 1.91. The zero-order chi connectivity index (χ0) is 11.0. The summed E-state index contributed by atoms with van der Waals surface area (Å²) in [6.45, 7) is 2.06. The third kappa shape index (κ3) is 1.46. The average Bonchev–Trinajstić information content (AvgIpc) is 2.73. The van der Waals surface area contributed by atoms with Crippen LogP contribution in [-0.2, 0) is 0 Å². The van der Waals surface area contributed by atoms with Gasteiger partial charge in [-0.25, -0.2) is 0 Å². The Bertz CT molecular complexity index is 511. The monoisotopic (exact) mass is 212 g/mol. The minimum atomic E-state index is 0.856. The molecule has 80 valence electrons. The van der Waals surface area contributed by atoms with Gasteiger partial charge in [0.15, 0.2) is 5.75 Å². The van der Waals surface area contributed by atoms with Gasteiger partial charge in [-0.2, -0.15) is 0 Å². The van der Waals surface area contributed by atoms with Crippen LogP contribution in [0.1, 0.15) is 5.56 Å². The van der Waals surface area contributed by atoms with E-state index in [1.165, 1.54) is 5.56 Å². The van der Waals surface area contributed by atoms with Crippen molar-refractivity contribution in [3.05, 3.63) is 54.1 Å². The van der Waals surface area contributed by atoms with Crippen LogP contribution in [0.15, 0.2) is 48.5 Å². The highest BCUT2D eigenvalue weighted by Gasteiger charge is 2.20. The van der Waals surface area contributed by atoms with Crippen LogP contribution < -0.4 is 15.4 Å². The van der Waals surface area contributed by atoms with Gasteiger partial charge in [-0.05, 0) is 36.8 Å². The van der Waals surface area contributed by atoms with Gasteiger partial charge in [-0.3, -0.25) is 5.43 Å². The lowest BCUT2D eigenvalue weighted by Gasteiger charge is -2.15. The quantitative estimate of drug-likeness (QED) is 0.786. The van der Waals surface area contributed by atoms with Crippen molar-refractivity contribution in [3.8, 4) is 5.75 Å². The Hall–Kier alpha value is -2.16. The largest absolute Gasteiger partial charge is 0.357 e. The van der Waals surface area contributed by atoms with Crippen LogP contribution in [0.5, 0.6) is 5.75 Å². The number of anilines is 2. The summed E-state index contributed by atoms with van der Waals surface area (Å²) in [6.07, 6.45) is 0. The molecule has 0 aliphatic carbocycles. The third-order valence-electron chi connectivity index (χ3n) is 2.54. The molecular formula is C13H12N2O. The van der Waals surface area contributed by atoms with E-state index >= 15 is 0 Å². The van der Waals surface area contributed by atoms with E-state index in [0.29, 0.717) is 0 Å². The minimum absolute atomic E-state index is 0.856. The molecule has 1 N–H and O–H groups in total. The van der Waals surface area contributed by atoms with Gasteiger partial charge in [0.25, 0.3) is 0 Å². The van der Waals surface area contributed by atoms with Crippen LogP contribution in [0, 0.1) is 6.92 Å². The molecule has 0 fully saturated rings. The molecular weight excluding hydrogens is 200 g/mol. The Morgan fingerprint density at radius 2 is 1.88 bits per heavy atom. The van der Waals surface area contributed by atoms with Gasteiger partial charge in [0.1, 0.15) is 5.69 Å². The van der Waals surface area contributed by atoms with Crippen molar-refractivity contribution in [3.63, 3.8) is 0 Å². The van der Waals surface area contributed by atoms with Crippen LogP contribution in [0.4, 0.5) is 11.4 Å². The van der Waals surface area contributed by atoms with E-state index in [1.807, 2.05) is 42.5 Å². The first-order chi connectivity index (χ1) is 7.83. The summed E-state index contributed by atoms with van der Waals surface area (Å²) in [6, 6.07) is 16.0. The Morgan fingerprint density at radius 1 is 1.06 bits per heavy atom. The molecule has 0 saturated heterocycles. The van der Waals surface area contributed by atoms with Crippen molar-refractivity contribution in [1.82, 2.24) is 0 Å². The van der Waals surface area contributed by atoms with Crippen molar-refractivity contribution in [2.24, 2.45) is 0 Å². The molecule has 3 heteroatoms. The number of para-hydroxylation sites is 1. The van der Waals surface area contributed by atoms with E-state index in [-0.39, 0.29) is 0 Å². The highest BCUT2D eigenvalue weighted by Crippen LogP contribution is 2.33. The van der Waals surface area contributed by atoms with Crippen molar-refractivity contribution < 1.29 is 4.84 Å². The molecule has 2 aromatic carbocycles. The lowest BCUT2D eigenvalue weighted by molar-refractivity contribution is 0.326. The van der Waals surface area contributed by atoms with Gasteiger partial charge >= 0.3 is 0 Å². The fraction of sp³-hybridized carbons (Fsp3) is 0.0769. The Kier molecular flexibility index (Phi) is 1.96. The Labute approximate surface area is 94.2 Å². The van der Waals surface area contributed by atoms with Crippen molar-refractivity contribution in [1.29, 1.82) is 0 Å². The summed E-state index contributed by atoms with van der Waals surface area (Å²) >= 11 is 0. The fourth-order valence-corrected chi connectivity index (χ4v) is 1.72. The zero-order valence-electron chi connectivity index (χ0n) is 8.97. The van der Waals surface area contributed by atoms with E-state index in [2.05, 4.69) is 18.4 Å². The molecule has 2 aromatic rings. The molecule has 3 rings (SSSR count). The van der Waals surface area contributed by atoms with Crippen LogP contribution in [0.2, 0.25) is 0 Å². The van der Waals surface area contributed by atoms with Gasteiger partial charge in [0.2, 0.25) is 0 Å². The zero-order valence-corrected chi connectivity index (χ0v) is 8.97. The number of nitrogens with zero attached hydrogens (tertiary/aromatic N) is 1. The predicted molar refractivity (Wildman–Crippen MR) is 64.4 cm³/mol. The smallest absolute Gasteiger partial charge is 0.182 e. The molecule has 0 atom stereocenters. The maximum absolute atomic E-state index is 5.67. The lowest BCUT2D eigenvalue weighted by Crippen LogP contribution is -2.27. The van der Waals surface area contributed by atoms with E-state index < -0.39 is 0 Å². The summed E-state index contributed by atoms with van der Waals surface area (Å²) in [5.74, 6) is 0.856. The van der Waals surface area contributed by atoms with Crippen LogP contribution in [0.25, 0.3) is 0 Å². The van der Waals surface area contributed by atoms with Gasteiger partial charge < -0.3 is 4.84 Å². The molecule has 0 unspecified atom stereocenters. The highest BCUT2D eigenvalue weighted by atomic mass is 16.7. The normalized spacial score (nSPS) is 12.9. The summed E-state index contributed by atoms with van der Waals surface area (Å²) in [5, 5.41) is 1.67. The maximum atomic E-state index is 5.67. The second kappa shape index (κ2) is 3.45. The SMILES string of the molecule is Cc1ccc2c(c1)NN(c1ccccc1)O2. The first kappa shape index (κ1) is 9.09. The maximum Gasteiger partial charge on any atom is 0.182 e. The van der Waals surface area contributed by atoms with E-state index in [4.69, 9.17) is 4.84 Å². The van der Waals surface area contributed by atoms with Crippen LogP contribution in [0.3, 0.4) is 0 Å². The molecule has 0 spiro atoms. The molecule has 3 nitrogen and oxygen atoms in total. The number of hydrogen-bond donors (Lipinski definition) is 1. The molecule has 0 amide bonds. The van der Waals surface area contributed by atoms with Crippen LogP contribution in [-0.4, -0.2) is 0 Å². The molecule has 0 aromatic heterocycles. The summed E-state index contributed by atoms with van der Waals surface area (Å²) < 4.78 is 0. The van der Waals surface area contributed by atoms with Crippen molar-refractivity contribution in [2.75, 3.05) is 10.6 Å². The molecule has 1 aliphatic rings. The standard InChI is InChI=1S/C13H12N2O/c1-10-7-8-13-12(9-10)14-15(16-13)11-5-3-2-4-6-11/h2-9,14H,1H3. The molecule has 1 heterocycles.